The Morgan fingerprint density at radius 3 is 2.39 bits per heavy atom. The van der Waals surface area contributed by atoms with Gasteiger partial charge in [-0.3, -0.25) is 9.59 Å². The number of hydrogen-bond acceptors (Lipinski definition) is 3. The van der Waals surface area contributed by atoms with E-state index in [4.69, 9.17) is 4.74 Å². The van der Waals surface area contributed by atoms with Crippen LogP contribution in [0.25, 0.3) is 0 Å². The van der Waals surface area contributed by atoms with Crippen LogP contribution in [-0.4, -0.2) is 35.9 Å². The van der Waals surface area contributed by atoms with Crippen molar-refractivity contribution in [2.24, 2.45) is 0 Å². The van der Waals surface area contributed by atoms with Gasteiger partial charge in [0.05, 0.1) is 0 Å². The minimum absolute atomic E-state index is 0.00845. The summed E-state index contributed by atoms with van der Waals surface area (Å²) in [7, 11) is 0. The van der Waals surface area contributed by atoms with Gasteiger partial charge in [-0.1, -0.05) is 70.5 Å². The Morgan fingerprint density at radius 2 is 1.70 bits per heavy atom. The quantitative estimate of drug-likeness (QED) is 0.426. The number of halogens is 2. The second-order valence-electron chi connectivity index (χ2n) is 7.47. The monoisotopic (exact) mass is 512 g/mol. The highest BCUT2D eigenvalue weighted by Gasteiger charge is 2.30. The summed E-state index contributed by atoms with van der Waals surface area (Å²) in [6, 6.07) is 22.2. The number of likely N-dealkylation sites (N-methyl/N-ethyl adjacent to an activating group) is 1. The molecule has 172 valence electrons. The third-order valence-electron chi connectivity index (χ3n) is 5.05. The second-order valence-corrected chi connectivity index (χ2v) is 8.39. The van der Waals surface area contributed by atoms with E-state index < -0.39 is 17.8 Å². The molecule has 5 nitrogen and oxygen atoms in total. The number of para-hydroxylation sites is 1. The number of nitrogens with zero attached hydrogens (tertiary/aromatic N) is 1. The van der Waals surface area contributed by atoms with E-state index in [9.17, 15) is 14.0 Å². The minimum Gasteiger partial charge on any atom is -0.481 e. The van der Waals surface area contributed by atoms with Crippen LogP contribution in [0.15, 0.2) is 83.3 Å². The Kier molecular flexibility index (Phi) is 9.01. The van der Waals surface area contributed by atoms with Crippen molar-refractivity contribution in [3.63, 3.8) is 0 Å². The Labute approximate surface area is 201 Å². The van der Waals surface area contributed by atoms with E-state index in [1.807, 2.05) is 61.5 Å². The van der Waals surface area contributed by atoms with Crippen molar-refractivity contribution in [2.75, 3.05) is 13.2 Å². The third-order valence-corrected chi connectivity index (χ3v) is 5.55. The number of benzene rings is 3. The van der Waals surface area contributed by atoms with Crippen molar-refractivity contribution >= 4 is 27.7 Å². The predicted octanol–water partition coefficient (Wildman–Crippen LogP) is 4.74. The lowest BCUT2D eigenvalue weighted by Gasteiger charge is -2.31. The number of amides is 2. The highest BCUT2D eigenvalue weighted by Crippen LogP contribution is 2.19. The second kappa shape index (κ2) is 12.2. The topological polar surface area (TPSA) is 58.6 Å². The lowest BCUT2D eigenvalue weighted by atomic mass is 10.0. The Morgan fingerprint density at radius 1 is 1.00 bits per heavy atom. The minimum atomic E-state index is -0.761. The average molecular weight is 513 g/mol. The van der Waals surface area contributed by atoms with E-state index >= 15 is 0 Å². The molecule has 2 amide bonds. The molecule has 0 aliphatic rings. The largest absolute Gasteiger partial charge is 0.481 e. The Hall–Kier alpha value is -3.19. The van der Waals surface area contributed by atoms with Crippen molar-refractivity contribution in [1.29, 1.82) is 0 Å². The summed E-state index contributed by atoms with van der Waals surface area (Å²) >= 11 is 3.45. The summed E-state index contributed by atoms with van der Waals surface area (Å²) in [5, 5.41) is 2.84. The fourth-order valence-corrected chi connectivity index (χ4v) is 3.91. The molecule has 0 aliphatic heterocycles. The van der Waals surface area contributed by atoms with Crippen LogP contribution >= 0.6 is 15.9 Å². The fourth-order valence-electron chi connectivity index (χ4n) is 3.46. The summed E-state index contributed by atoms with van der Waals surface area (Å²) < 4.78 is 20.3. The predicted molar refractivity (Wildman–Crippen MR) is 129 cm³/mol. The number of hydrogen-bond donors (Lipinski definition) is 1. The SMILES string of the molecule is CCNC(=O)C(Cc1ccccc1)N(Cc1cccc(Br)c1)C(=O)COc1ccccc1F. The zero-order chi connectivity index (χ0) is 23.6. The number of ether oxygens (including phenoxy) is 1. The Balaban J connectivity index is 1.90. The lowest BCUT2D eigenvalue weighted by molar-refractivity contribution is -0.142. The molecule has 0 aliphatic carbocycles. The van der Waals surface area contributed by atoms with E-state index in [-0.39, 0.29) is 24.8 Å². The van der Waals surface area contributed by atoms with E-state index in [0.29, 0.717) is 13.0 Å². The first-order chi connectivity index (χ1) is 16.0. The first kappa shape index (κ1) is 24.5. The van der Waals surface area contributed by atoms with Gasteiger partial charge in [0.25, 0.3) is 5.91 Å². The summed E-state index contributed by atoms with van der Waals surface area (Å²) in [4.78, 5) is 27.9. The van der Waals surface area contributed by atoms with Crippen LogP contribution in [0.5, 0.6) is 5.75 Å². The van der Waals surface area contributed by atoms with Crippen LogP contribution < -0.4 is 10.1 Å². The summed E-state index contributed by atoms with van der Waals surface area (Å²) in [5.74, 6) is -1.22. The van der Waals surface area contributed by atoms with E-state index in [1.54, 1.807) is 12.1 Å². The summed E-state index contributed by atoms with van der Waals surface area (Å²) in [6.45, 7) is 2.08. The van der Waals surface area contributed by atoms with Gasteiger partial charge in [-0.05, 0) is 42.3 Å². The van der Waals surface area contributed by atoms with Gasteiger partial charge in [-0.15, -0.1) is 0 Å². The van der Waals surface area contributed by atoms with Crippen molar-refractivity contribution in [3.05, 3.63) is 100 Å². The van der Waals surface area contributed by atoms with Gasteiger partial charge in [-0.2, -0.15) is 0 Å². The van der Waals surface area contributed by atoms with Gasteiger partial charge in [0.2, 0.25) is 5.91 Å². The summed E-state index contributed by atoms with van der Waals surface area (Å²) in [5.41, 5.74) is 1.78. The zero-order valence-electron chi connectivity index (χ0n) is 18.3. The van der Waals surface area contributed by atoms with Gasteiger partial charge >= 0.3 is 0 Å². The zero-order valence-corrected chi connectivity index (χ0v) is 19.9. The van der Waals surface area contributed by atoms with Crippen molar-refractivity contribution in [2.45, 2.75) is 25.9 Å². The van der Waals surface area contributed by atoms with Crippen molar-refractivity contribution in [1.82, 2.24) is 10.2 Å². The maximum absolute atomic E-state index is 14.0. The fraction of sp³-hybridized carbons (Fsp3) is 0.231. The molecular formula is C26H26BrFN2O3. The number of rotatable bonds is 10. The van der Waals surface area contributed by atoms with Crippen LogP contribution in [0, 0.1) is 5.82 Å². The molecule has 7 heteroatoms. The van der Waals surface area contributed by atoms with Crippen molar-refractivity contribution < 1.29 is 18.7 Å². The van der Waals surface area contributed by atoms with Crippen molar-refractivity contribution in [3.8, 4) is 5.75 Å². The molecule has 0 saturated heterocycles. The average Bonchev–Trinajstić information content (AvgIpc) is 2.81. The Bertz CT molecular complexity index is 1080. The van der Waals surface area contributed by atoms with E-state index in [0.717, 1.165) is 15.6 Å². The van der Waals surface area contributed by atoms with Gasteiger partial charge in [0, 0.05) is 24.0 Å². The molecule has 33 heavy (non-hydrogen) atoms. The smallest absolute Gasteiger partial charge is 0.261 e. The number of carbonyl (C=O) groups is 2. The molecule has 0 radical (unpaired) electrons. The van der Waals surface area contributed by atoms with Crippen LogP contribution in [0.2, 0.25) is 0 Å². The molecule has 0 spiro atoms. The normalized spacial score (nSPS) is 11.5. The van der Waals surface area contributed by atoms with E-state index in [2.05, 4.69) is 21.2 Å². The number of carbonyl (C=O) groups excluding carboxylic acids is 2. The first-order valence-corrected chi connectivity index (χ1v) is 11.5. The molecule has 3 rings (SSSR count). The molecule has 0 fully saturated rings. The molecule has 1 N–H and O–H groups in total. The molecule has 1 atom stereocenters. The van der Waals surface area contributed by atoms with Gasteiger partial charge in [-0.25, -0.2) is 4.39 Å². The van der Waals surface area contributed by atoms with Crippen LogP contribution in [0.1, 0.15) is 18.1 Å². The third kappa shape index (κ3) is 7.15. The molecular weight excluding hydrogens is 487 g/mol. The molecule has 0 heterocycles. The van der Waals surface area contributed by atoms with Crippen LogP contribution in [0.3, 0.4) is 0 Å². The maximum Gasteiger partial charge on any atom is 0.261 e. The molecule has 0 bridgehead atoms. The highest BCUT2D eigenvalue weighted by molar-refractivity contribution is 9.10. The van der Waals surface area contributed by atoms with Gasteiger partial charge in [0.15, 0.2) is 18.2 Å². The first-order valence-electron chi connectivity index (χ1n) is 10.7. The molecule has 0 saturated carbocycles. The van der Waals surface area contributed by atoms with Gasteiger partial charge in [0.1, 0.15) is 6.04 Å². The van der Waals surface area contributed by atoms with E-state index in [1.165, 1.54) is 17.0 Å². The molecule has 3 aromatic rings. The van der Waals surface area contributed by atoms with Gasteiger partial charge < -0.3 is 15.0 Å². The standard InChI is InChI=1S/C26H26BrFN2O3/c1-2-29-26(32)23(16-19-9-4-3-5-10-19)30(17-20-11-8-12-21(27)15-20)25(31)18-33-24-14-7-6-13-22(24)28/h3-15,23H,2,16-18H2,1H3,(H,29,32). The number of nitrogens with one attached hydrogen (secondary N) is 1. The van der Waals surface area contributed by atoms with Crippen LogP contribution in [0.4, 0.5) is 4.39 Å². The van der Waals surface area contributed by atoms with Crippen LogP contribution in [-0.2, 0) is 22.6 Å². The highest BCUT2D eigenvalue weighted by atomic mass is 79.9. The molecule has 3 aromatic carbocycles. The lowest BCUT2D eigenvalue weighted by Crippen LogP contribution is -2.51. The maximum atomic E-state index is 14.0. The molecule has 1 unspecified atom stereocenters. The molecule has 0 aromatic heterocycles. The summed E-state index contributed by atoms with van der Waals surface area (Å²) in [6.07, 6.45) is 0.339.